The van der Waals surface area contributed by atoms with Gasteiger partial charge in [0.25, 0.3) is 11.8 Å². The summed E-state index contributed by atoms with van der Waals surface area (Å²) in [6, 6.07) is 12.5. The van der Waals surface area contributed by atoms with Gasteiger partial charge in [0.15, 0.2) is 16.6 Å². The molecular formula is C22H21BrN2O4S. The van der Waals surface area contributed by atoms with Crippen LogP contribution in [0, 0.1) is 0 Å². The first-order valence-corrected chi connectivity index (χ1v) is 10.7. The molecule has 0 aliphatic carbocycles. The van der Waals surface area contributed by atoms with Crippen molar-refractivity contribution in [2.75, 3.05) is 18.1 Å². The van der Waals surface area contributed by atoms with E-state index < -0.39 is 11.8 Å². The van der Waals surface area contributed by atoms with Gasteiger partial charge in [-0.25, -0.2) is 0 Å². The maximum Gasteiger partial charge on any atom is 0.270 e. The molecule has 0 bridgehead atoms. The van der Waals surface area contributed by atoms with Crippen LogP contribution in [0.5, 0.6) is 11.5 Å². The number of carbonyl (C=O) groups is 2. The molecule has 3 rings (SSSR count). The molecule has 30 heavy (non-hydrogen) atoms. The maximum atomic E-state index is 13.1. The van der Waals surface area contributed by atoms with Crippen LogP contribution >= 0.6 is 28.1 Å². The van der Waals surface area contributed by atoms with E-state index in [1.54, 1.807) is 36.4 Å². The summed E-state index contributed by atoms with van der Waals surface area (Å²) in [5.41, 5.74) is 1.16. The third kappa shape index (κ3) is 4.71. The zero-order valence-electron chi connectivity index (χ0n) is 16.6. The topological polar surface area (TPSA) is 67.9 Å². The van der Waals surface area contributed by atoms with Gasteiger partial charge in [-0.05, 0) is 61.5 Å². The Bertz CT molecular complexity index is 1010. The van der Waals surface area contributed by atoms with Crippen LogP contribution in [0.1, 0.15) is 25.8 Å². The van der Waals surface area contributed by atoms with Crippen molar-refractivity contribution < 1.29 is 19.1 Å². The molecule has 0 radical (unpaired) electrons. The Morgan fingerprint density at radius 1 is 1.10 bits per heavy atom. The van der Waals surface area contributed by atoms with Crippen LogP contribution in [-0.2, 0) is 9.59 Å². The van der Waals surface area contributed by atoms with Crippen molar-refractivity contribution in [2.45, 2.75) is 20.3 Å². The number of benzene rings is 2. The second-order valence-electron chi connectivity index (χ2n) is 6.40. The first kappa shape index (κ1) is 22.0. The number of hydrogen-bond donors (Lipinski definition) is 1. The SMILES string of the molecule is CCCOc1cc(Br)c(/C=C2/C(=O)NC(=S)N(c3ccccc3)C2=O)cc1OCC. The lowest BCUT2D eigenvalue weighted by Crippen LogP contribution is -2.54. The number of anilines is 1. The van der Waals surface area contributed by atoms with Gasteiger partial charge in [0.05, 0.1) is 18.9 Å². The van der Waals surface area contributed by atoms with Gasteiger partial charge in [-0.15, -0.1) is 0 Å². The molecule has 1 aliphatic rings. The third-order valence-corrected chi connectivity index (χ3v) is 5.21. The monoisotopic (exact) mass is 488 g/mol. The van der Waals surface area contributed by atoms with Crippen molar-refractivity contribution in [3.63, 3.8) is 0 Å². The first-order valence-electron chi connectivity index (χ1n) is 9.51. The number of amides is 2. The van der Waals surface area contributed by atoms with Crippen LogP contribution in [-0.4, -0.2) is 30.1 Å². The highest BCUT2D eigenvalue weighted by molar-refractivity contribution is 9.10. The predicted octanol–water partition coefficient (Wildman–Crippen LogP) is 4.47. The lowest BCUT2D eigenvalue weighted by Gasteiger charge is -2.29. The molecule has 2 amide bonds. The van der Waals surface area contributed by atoms with Crippen LogP contribution in [0.15, 0.2) is 52.5 Å². The molecule has 1 saturated heterocycles. The first-order chi connectivity index (χ1) is 14.5. The predicted molar refractivity (Wildman–Crippen MR) is 124 cm³/mol. The second kappa shape index (κ2) is 9.86. The number of para-hydroxylation sites is 1. The van der Waals surface area contributed by atoms with Crippen molar-refractivity contribution in [3.8, 4) is 11.5 Å². The summed E-state index contributed by atoms with van der Waals surface area (Å²) in [7, 11) is 0. The summed E-state index contributed by atoms with van der Waals surface area (Å²) < 4.78 is 12.1. The molecule has 0 saturated carbocycles. The van der Waals surface area contributed by atoms with Gasteiger partial charge < -0.3 is 9.47 Å². The van der Waals surface area contributed by atoms with Gasteiger partial charge in [-0.3, -0.25) is 19.8 Å². The number of ether oxygens (including phenoxy) is 2. The number of carbonyl (C=O) groups excluding carboxylic acids is 2. The molecule has 0 aromatic heterocycles. The average molecular weight is 489 g/mol. The smallest absolute Gasteiger partial charge is 0.270 e. The standard InChI is InChI=1S/C22H21BrN2O4S/c1-3-10-29-19-13-17(23)14(12-18(19)28-4-2)11-16-20(26)24-22(30)25(21(16)27)15-8-6-5-7-9-15/h5-9,11-13H,3-4,10H2,1-2H3,(H,24,26,30)/b16-11-. The Kier molecular flexibility index (Phi) is 7.23. The molecule has 2 aromatic carbocycles. The van der Waals surface area contributed by atoms with E-state index in [2.05, 4.69) is 21.2 Å². The van der Waals surface area contributed by atoms with E-state index >= 15 is 0 Å². The van der Waals surface area contributed by atoms with E-state index in [9.17, 15) is 9.59 Å². The van der Waals surface area contributed by atoms with E-state index in [4.69, 9.17) is 21.7 Å². The number of nitrogens with one attached hydrogen (secondary N) is 1. The molecule has 156 valence electrons. The van der Waals surface area contributed by atoms with Crippen LogP contribution in [0.2, 0.25) is 0 Å². The summed E-state index contributed by atoms with van der Waals surface area (Å²) in [6.45, 7) is 4.90. The second-order valence-corrected chi connectivity index (χ2v) is 7.64. The molecule has 1 heterocycles. The van der Waals surface area contributed by atoms with Gasteiger partial charge in [-0.2, -0.15) is 0 Å². The molecular weight excluding hydrogens is 468 g/mol. The number of nitrogens with zero attached hydrogens (tertiary/aromatic N) is 1. The van der Waals surface area contributed by atoms with E-state index in [0.717, 1.165) is 6.42 Å². The summed E-state index contributed by atoms with van der Waals surface area (Å²) >= 11 is 8.72. The van der Waals surface area contributed by atoms with E-state index in [1.165, 1.54) is 11.0 Å². The molecule has 1 fully saturated rings. The fraction of sp³-hybridized carbons (Fsp3) is 0.227. The third-order valence-electron chi connectivity index (χ3n) is 4.24. The fourth-order valence-electron chi connectivity index (χ4n) is 2.88. The van der Waals surface area contributed by atoms with Gasteiger partial charge in [-0.1, -0.05) is 41.1 Å². The average Bonchev–Trinajstić information content (AvgIpc) is 2.72. The van der Waals surface area contributed by atoms with Crippen molar-refractivity contribution in [3.05, 3.63) is 58.1 Å². The quantitative estimate of drug-likeness (QED) is 0.353. The van der Waals surface area contributed by atoms with Crippen molar-refractivity contribution in [1.82, 2.24) is 5.32 Å². The number of hydrogen-bond acceptors (Lipinski definition) is 5. The highest BCUT2D eigenvalue weighted by atomic mass is 79.9. The number of halogens is 1. The number of rotatable bonds is 7. The molecule has 2 aromatic rings. The van der Waals surface area contributed by atoms with Crippen molar-refractivity contribution >= 4 is 56.8 Å². The zero-order chi connectivity index (χ0) is 21.7. The Labute approximate surface area is 189 Å². The maximum absolute atomic E-state index is 13.1. The number of thiocarbonyl (C=S) groups is 1. The fourth-order valence-corrected chi connectivity index (χ4v) is 3.60. The molecule has 6 nitrogen and oxygen atoms in total. The van der Waals surface area contributed by atoms with Crippen molar-refractivity contribution in [1.29, 1.82) is 0 Å². The molecule has 1 aliphatic heterocycles. The van der Waals surface area contributed by atoms with E-state index in [0.29, 0.717) is 40.4 Å². The molecule has 0 spiro atoms. The molecule has 1 N–H and O–H groups in total. The Morgan fingerprint density at radius 2 is 1.80 bits per heavy atom. The highest BCUT2D eigenvalue weighted by Crippen LogP contribution is 2.35. The van der Waals surface area contributed by atoms with Crippen LogP contribution in [0.4, 0.5) is 5.69 Å². The van der Waals surface area contributed by atoms with Crippen LogP contribution < -0.4 is 19.7 Å². The van der Waals surface area contributed by atoms with Gasteiger partial charge in [0.2, 0.25) is 0 Å². The molecule has 8 heteroatoms. The summed E-state index contributed by atoms with van der Waals surface area (Å²) in [6.07, 6.45) is 2.38. The van der Waals surface area contributed by atoms with E-state index in [1.807, 2.05) is 19.9 Å². The van der Waals surface area contributed by atoms with Crippen LogP contribution in [0.3, 0.4) is 0 Å². The summed E-state index contributed by atoms with van der Waals surface area (Å²) in [4.78, 5) is 27.0. The minimum absolute atomic E-state index is 0.0298. The van der Waals surface area contributed by atoms with E-state index in [-0.39, 0.29) is 10.7 Å². The molecule has 0 unspecified atom stereocenters. The lowest BCUT2D eigenvalue weighted by molar-refractivity contribution is -0.122. The lowest BCUT2D eigenvalue weighted by atomic mass is 10.1. The van der Waals surface area contributed by atoms with Crippen molar-refractivity contribution in [2.24, 2.45) is 0 Å². The van der Waals surface area contributed by atoms with Gasteiger partial charge >= 0.3 is 0 Å². The Balaban J connectivity index is 2.01. The Hall–Kier alpha value is -2.71. The van der Waals surface area contributed by atoms with Gasteiger partial charge in [0, 0.05) is 4.47 Å². The summed E-state index contributed by atoms with van der Waals surface area (Å²) in [5, 5.41) is 2.63. The zero-order valence-corrected chi connectivity index (χ0v) is 19.0. The minimum atomic E-state index is -0.548. The molecule has 0 atom stereocenters. The normalized spacial score (nSPS) is 15.4. The minimum Gasteiger partial charge on any atom is -0.490 e. The summed E-state index contributed by atoms with van der Waals surface area (Å²) in [5.74, 6) is 0.0961. The van der Waals surface area contributed by atoms with Gasteiger partial charge in [0.1, 0.15) is 5.57 Å². The van der Waals surface area contributed by atoms with Crippen LogP contribution in [0.25, 0.3) is 6.08 Å². The largest absolute Gasteiger partial charge is 0.490 e. The Morgan fingerprint density at radius 3 is 2.47 bits per heavy atom. The highest BCUT2D eigenvalue weighted by Gasteiger charge is 2.34.